The van der Waals surface area contributed by atoms with Crippen LogP contribution in [0.2, 0.25) is 5.02 Å². The summed E-state index contributed by atoms with van der Waals surface area (Å²) in [6, 6.07) is 11.3. The number of benzene rings is 2. The molecule has 2 fully saturated rings. The second-order valence-corrected chi connectivity index (χ2v) is 8.37. The minimum atomic E-state index is -0.736. The molecule has 0 radical (unpaired) electrons. The van der Waals surface area contributed by atoms with Gasteiger partial charge in [-0.3, -0.25) is 9.59 Å². The monoisotopic (exact) mass is 455 g/mol. The van der Waals surface area contributed by atoms with Gasteiger partial charge in [0, 0.05) is 17.2 Å². The highest BCUT2D eigenvalue weighted by molar-refractivity contribution is 6.46. The third-order valence-electron chi connectivity index (χ3n) is 6.14. The van der Waals surface area contributed by atoms with Crippen molar-refractivity contribution < 1.29 is 24.2 Å². The van der Waals surface area contributed by atoms with E-state index >= 15 is 0 Å². The Hall–Kier alpha value is -2.99. The summed E-state index contributed by atoms with van der Waals surface area (Å²) >= 11 is 6.20. The van der Waals surface area contributed by atoms with E-state index in [-0.39, 0.29) is 17.4 Å². The summed E-state index contributed by atoms with van der Waals surface area (Å²) in [5.74, 6) is -0.583. The number of hydrogen-bond acceptors (Lipinski definition) is 5. The van der Waals surface area contributed by atoms with Gasteiger partial charge in [0.05, 0.1) is 30.4 Å². The maximum Gasteiger partial charge on any atom is 0.295 e. The first-order valence-corrected chi connectivity index (χ1v) is 11.2. The molecule has 2 aliphatic rings. The number of nitrogens with zero attached hydrogens (tertiary/aromatic N) is 1. The summed E-state index contributed by atoms with van der Waals surface area (Å²) in [6.45, 7) is 2.23. The zero-order valence-corrected chi connectivity index (χ0v) is 18.9. The van der Waals surface area contributed by atoms with Crippen molar-refractivity contribution in [3.63, 3.8) is 0 Å². The van der Waals surface area contributed by atoms with Crippen molar-refractivity contribution in [3.05, 3.63) is 64.2 Å². The molecule has 1 atom stereocenters. The summed E-state index contributed by atoms with van der Waals surface area (Å²) in [5.41, 5.74) is 1.08. The van der Waals surface area contributed by atoms with E-state index in [2.05, 4.69) is 0 Å². The number of para-hydroxylation sites is 1. The van der Waals surface area contributed by atoms with Crippen LogP contribution in [0.1, 0.15) is 49.8 Å². The molecule has 2 aromatic carbocycles. The van der Waals surface area contributed by atoms with Crippen molar-refractivity contribution in [2.24, 2.45) is 0 Å². The van der Waals surface area contributed by atoms with E-state index < -0.39 is 17.7 Å². The van der Waals surface area contributed by atoms with Gasteiger partial charge >= 0.3 is 0 Å². The van der Waals surface area contributed by atoms with Gasteiger partial charge < -0.3 is 19.5 Å². The highest BCUT2D eigenvalue weighted by Gasteiger charge is 2.50. The molecule has 6 nitrogen and oxygen atoms in total. The number of ketones is 1. The van der Waals surface area contributed by atoms with Crippen LogP contribution in [0.15, 0.2) is 48.0 Å². The maximum absolute atomic E-state index is 13.2. The van der Waals surface area contributed by atoms with E-state index in [0.29, 0.717) is 34.3 Å². The van der Waals surface area contributed by atoms with Gasteiger partial charge in [0.25, 0.3) is 11.7 Å². The van der Waals surface area contributed by atoms with Crippen LogP contribution in [0.5, 0.6) is 11.5 Å². The summed E-state index contributed by atoms with van der Waals surface area (Å²) in [5, 5.41) is 11.7. The molecule has 1 heterocycles. The van der Waals surface area contributed by atoms with Gasteiger partial charge in [-0.05, 0) is 44.0 Å². The molecule has 0 aromatic heterocycles. The lowest BCUT2D eigenvalue weighted by Gasteiger charge is -2.31. The van der Waals surface area contributed by atoms with Gasteiger partial charge in [-0.25, -0.2) is 0 Å². The third kappa shape index (κ3) is 3.84. The first-order valence-electron chi connectivity index (χ1n) is 10.8. The molecule has 1 amide bonds. The van der Waals surface area contributed by atoms with E-state index in [1.165, 1.54) is 0 Å². The van der Waals surface area contributed by atoms with Gasteiger partial charge in [-0.1, -0.05) is 42.6 Å². The molecule has 4 rings (SSSR count). The molecule has 2 aromatic rings. The van der Waals surface area contributed by atoms with Crippen LogP contribution in [0, 0.1) is 0 Å². The Morgan fingerprint density at radius 1 is 1.12 bits per heavy atom. The van der Waals surface area contributed by atoms with Crippen molar-refractivity contribution in [2.75, 3.05) is 13.7 Å². The molecule has 1 saturated heterocycles. The van der Waals surface area contributed by atoms with Gasteiger partial charge in [0.2, 0.25) is 0 Å². The number of likely N-dealkylation sites (tertiary alicyclic amines) is 1. The Morgan fingerprint density at radius 2 is 1.84 bits per heavy atom. The average Bonchev–Trinajstić information content (AvgIpc) is 3.41. The van der Waals surface area contributed by atoms with E-state index in [1.54, 1.807) is 36.3 Å². The molecule has 1 aliphatic heterocycles. The zero-order valence-electron chi connectivity index (χ0n) is 18.1. The normalized spacial score (nSPS) is 20.7. The van der Waals surface area contributed by atoms with E-state index in [0.717, 1.165) is 25.7 Å². The van der Waals surface area contributed by atoms with Crippen molar-refractivity contribution in [1.82, 2.24) is 4.90 Å². The SMILES string of the molecule is CCOc1cc(/C(O)=C2\C(=O)C(=O)N(C3CCCC3)C2c2ccccc2OC)ccc1Cl. The van der Waals surface area contributed by atoms with Crippen LogP contribution < -0.4 is 9.47 Å². The first-order chi connectivity index (χ1) is 15.5. The summed E-state index contributed by atoms with van der Waals surface area (Å²) in [4.78, 5) is 28.1. The van der Waals surface area contributed by atoms with Gasteiger partial charge in [0.15, 0.2) is 0 Å². The quantitative estimate of drug-likeness (QED) is 0.372. The Bertz CT molecular complexity index is 1070. The average molecular weight is 456 g/mol. The number of aliphatic hydroxyl groups excluding tert-OH is 1. The first kappa shape index (κ1) is 22.2. The molecule has 1 aliphatic carbocycles. The second kappa shape index (κ2) is 9.25. The zero-order chi connectivity index (χ0) is 22.8. The molecule has 1 unspecified atom stereocenters. The second-order valence-electron chi connectivity index (χ2n) is 7.96. The molecule has 1 saturated carbocycles. The van der Waals surface area contributed by atoms with Crippen molar-refractivity contribution >= 4 is 29.1 Å². The third-order valence-corrected chi connectivity index (χ3v) is 6.45. The number of hydrogen-bond donors (Lipinski definition) is 1. The Balaban J connectivity index is 1.91. The highest BCUT2D eigenvalue weighted by atomic mass is 35.5. The van der Waals surface area contributed by atoms with Crippen LogP contribution in [0.4, 0.5) is 0 Å². The maximum atomic E-state index is 13.2. The number of Topliss-reactive ketones (excluding diaryl/α,β-unsaturated/α-hetero) is 1. The Kier molecular flexibility index (Phi) is 6.42. The fourth-order valence-electron chi connectivity index (χ4n) is 4.68. The fraction of sp³-hybridized carbons (Fsp3) is 0.360. The van der Waals surface area contributed by atoms with Crippen LogP contribution in [-0.4, -0.2) is 41.5 Å². The lowest BCUT2D eigenvalue weighted by Crippen LogP contribution is -2.37. The largest absolute Gasteiger partial charge is 0.507 e. The van der Waals surface area contributed by atoms with Crippen LogP contribution >= 0.6 is 11.6 Å². The topological polar surface area (TPSA) is 76.1 Å². The van der Waals surface area contributed by atoms with Crippen LogP contribution in [-0.2, 0) is 9.59 Å². The van der Waals surface area contributed by atoms with Gasteiger partial charge in [-0.2, -0.15) is 0 Å². The molecular formula is C25H26ClNO5. The molecular weight excluding hydrogens is 430 g/mol. The number of carbonyl (C=O) groups is 2. The number of aliphatic hydroxyl groups is 1. The predicted molar refractivity (Wildman–Crippen MR) is 122 cm³/mol. The molecule has 0 bridgehead atoms. The summed E-state index contributed by atoms with van der Waals surface area (Å²) in [7, 11) is 1.55. The number of methoxy groups -OCH3 is 1. The number of ether oxygens (including phenoxy) is 2. The standard InChI is InChI=1S/C25H26ClNO5/c1-3-32-20-14-15(12-13-18(20)26)23(28)21-22(17-10-6-7-11-19(17)31-2)27(25(30)24(21)29)16-8-4-5-9-16/h6-7,10-14,16,22,28H,3-5,8-9H2,1-2H3/b23-21+. The fourth-order valence-corrected chi connectivity index (χ4v) is 4.85. The van der Waals surface area contributed by atoms with Crippen molar-refractivity contribution in [1.29, 1.82) is 0 Å². The number of rotatable bonds is 6. The summed E-state index contributed by atoms with van der Waals surface area (Å²) < 4.78 is 11.1. The number of amides is 1. The molecule has 168 valence electrons. The minimum Gasteiger partial charge on any atom is -0.507 e. The Labute approximate surface area is 192 Å². The highest BCUT2D eigenvalue weighted by Crippen LogP contribution is 2.46. The van der Waals surface area contributed by atoms with Crippen LogP contribution in [0.3, 0.4) is 0 Å². The number of halogens is 1. The predicted octanol–water partition coefficient (Wildman–Crippen LogP) is 5.11. The Morgan fingerprint density at radius 3 is 2.53 bits per heavy atom. The van der Waals surface area contributed by atoms with E-state index in [4.69, 9.17) is 21.1 Å². The lowest BCUT2D eigenvalue weighted by molar-refractivity contribution is -0.141. The molecule has 0 spiro atoms. The van der Waals surface area contributed by atoms with Gasteiger partial charge in [-0.15, -0.1) is 0 Å². The van der Waals surface area contributed by atoms with Crippen molar-refractivity contribution in [2.45, 2.75) is 44.7 Å². The number of carbonyl (C=O) groups excluding carboxylic acids is 2. The van der Waals surface area contributed by atoms with E-state index in [9.17, 15) is 14.7 Å². The van der Waals surface area contributed by atoms with Crippen LogP contribution in [0.25, 0.3) is 5.76 Å². The lowest BCUT2D eigenvalue weighted by atomic mass is 9.94. The minimum absolute atomic E-state index is 0.0520. The molecule has 7 heteroatoms. The van der Waals surface area contributed by atoms with Crippen molar-refractivity contribution in [3.8, 4) is 11.5 Å². The molecule has 32 heavy (non-hydrogen) atoms. The van der Waals surface area contributed by atoms with E-state index in [1.807, 2.05) is 25.1 Å². The van der Waals surface area contributed by atoms with Gasteiger partial charge in [0.1, 0.15) is 17.3 Å². The molecule has 1 N–H and O–H groups in total. The summed E-state index contributed by atoms with van der Waals surface area (Å²) in [6.07, 6.45) is 3.66. The smallest absolute Gasteiger partial charge is 0.295 e.